The van der Waals surface area contributed by atoms with Crippen molar-refractivity contribution in [3.63, 3.8) is 0 Å². The van der Waals surface area contributed by atoms with E-state index in [1.807, 2.05) is 0 Å². The van der Waals surface area contributed by atoms with Gasteiger partial charge in [0.15, 0.2) is 0 Å². The summed E-state index contributed by atoms with van der Waals surface area (Å²) in [6, 6.07) is 0. The summed E-state index contributed by atoms with van der Waals surface area (Å²) in [6.07, 6.45) is 0.969. The van der Waals surface area contributed by atoms with E-state index < -0.39 is 20.6 Å². The second-order valence-corrected chi connectivity index (χ2v) is 4.21. The van der Waals surface area contributed by atoms with Gasteiger partial charge in [0.25, 0.3) is 5.91 Å². The summed E-state index contributed by atoms with van der Waals surface area (Å²) in [7, 11) is -7.41. The maximum absolute atomic E-state index is 11.3. The van der Waals surface area contributed by atoms with Crippen molar-refractivity contribution in [3.05, 3.63) is 0 Å². The van der Waals surface area contributed by atoms with Gasteiger partial charge in [-0.25, -0.2) is 4.79 Å². The third-order valence-electron chi connectivity index (χ3n) is 1.20. The second-order valence-electron chi connectivity index (χ2n) is 3.42. The van der Waals surface area contributed by atoms with Crippen molar-refractivity contribution in [2.75, 3.05) is 27.4 Å². The quantitative estimate of drug-likeness (QED) is 0.186. The number of carbonyl (C=O) groups is 2. The van der Waals surface area contributed by atoms with Crippen molar-refractivity contribution in [1.82, 2.24) is 10.2 Å². The highest BCUT2D eigenvalue weighted by Crippen LogP contribution is 2.07. The molecule has 0 unspecified atom stereocenters. The molecule has 24 heavy (non-hydrogen) atoms. The lowest BCUT2D eigenvalue weighted by molar-refractivity contribution is -0.121. The van der Waals surface area contributed by atoms with Crippen molar-refractivity contribution >= 4 is 43.3 Å². The highest BCUT2D eigenvalue weighted by atomic mass is 32.2. The predicted octanol–water partition coefficient (Wildman–Crippen LogP) is 2.71. The van der Waals surface area contributed by atoms with Gasteiger partial charge in [0.2, 0.25) is 5.04 Å². The minimum Gasteiger partial charge on any atom is -0.418 e. The maximum Gasteiger partial charge on any atom is 0.673 e. The Bertz CT molecular complexity index is 395. The number of hydrogen-bond acceptors (Lipinski definition) is 5. The van der Waals surface area contributed by atoms with Crippen LogP contribution < -0.4 is 5.32 Å². The molecule has 0 fully saturated rings. The van der Waals surface area contributed by atoms with E-state index in [1.165, 1.54) is 11.9 Å². The van der Waals surface area contributed by atoms with Gasteiger partial charge in [-0.15, -0.1) is 11.8 Å². The van der Waals surface area contributed by atoms with Gasteiger partial charge in [0, 0.05) is 21.1 Å². The smallest absolute Gasteiger partial charge is 0.418 e. The number of rotatable bonds is 1. The van der Waals surface area contributed by atoms with Gasteiger partial charge in [-0.3, -0.25) is 9.63 Å². The van der Waals surface area contributed by atoms with Crippen molar-refractivity contribution in [2.24, 2.45) is 5.16 Å². The molecule has 2 amide bonds. The zero-order valence-electron chi connectivity index (χ0n) is 12.7. The Kier molecular flexibility index (Phi) is 14.4. The first kappa shape index (κ1) is 27.2. The molecular formula is C7H13B2F8N3O3S-2. The molecule has 0 rings (SSSR count). The molecule has 0 atom stereocenters. The molecule has 1 N–H and O–H groups in total. The fourth-order valence-corrected chi connectivity index (χ4v) is 0.952. The van der Waals surface area contributed by atoms with Crippen LogP contribution in [0.25, 0.3) is 0 Å². The first-order chi connectivity index (χ1) is 10.5. The fourth-order valence-electron chi connectivity index (χ4n) is 0.483. The van der Waals surface area contributed by atoms with Gasteiger partial charge in [-0.2, -0.15) is 0 Å². The Morgan fingerprint density at radius 2 is 1.33 bits per heavy atom. The van der Waals surface area contributed by atoms with E-state index in [-0.39, 0.29) is 11.0 Å². The van der Waals surface area contributed by atoms with Crippen LogP contribution >= 0.6 is 11.8 Å². The predicted molar refractivity (Wildman–Crippen MR) is 75.6 cm³/mol. The summed E-state index contributed by atoms with van der Waals surface area (Å²) < 4.78 is 78.0. The number of amides is 2. The number of halogens is 8. The lowest BCUT2D eigenvalue weighted by Gasteiger charge is -2.09. The molecule has 0 bridgehead atoms. The second kappa shape index (κ2) is 12.7. The normalized spacial score (nSPS) is 11.2. The number of hydrogen-bond donors (Lipinski definition) is 1. The van der Waals surface area contributed by atoms with Crippen LogP contribution in [-0.2, 0) is 9.63 Å². The van der Waals surface area contributed by atoms with Gasteiger partial charge in [-0.05, 0) is 6.26 Å². The van der Waals surface area contributed by atoms with Gasteiger partial charge < -0.3 is 44.7 Å². The Balaban J connectivity index is -0.000000361. The summed E-state index contributed by atoms with van der Waals surface area (Å²) in [5, 5.41) is 5.74. The Morgan fingerprint density at radius 1 is 1.00 bits per heavy atom. The Morgan fingerprint density at radius 3 is 1.54 bits per heavy atom. The molecule has 0 spiro atoms. The van der Waals surface area contributed by atoms with Crippen molar-refractivity contribution in [3.8, 4) is 0 Å². The molecule has 144 valence electrons. The minimum absolute atomic E-state index is 0.124. The Labute approximate surface area is 136 Å². The molecule has 0 aliphatic rings. The molecule has 0 aromatic carbocycles. The van der Waals surface area contributed by atoms with E-state index in [4.69, 9.17) is 0 Å². The van der Waals surface area contributed by atoms with Gasteiger partial charge in [0.05, 0.1) is 0 Å². The highest BCUT2D eigenvalue weighted by molar-refractivity contribution is 8.15. The van der Waals surface area contributed by atoms with E-state index in [0.717, 1.165) is 11.8 Å². The molecule has 0 saturated carbocycles. The maximum atomic E-state index is 11.3. The lowest BCUT2D eigenvalue weighted by Crippen LogP contribution is -2.28. The molecular weight excluding hydrogens is 380 g/mol. The highest BCUT2D eigenvalue weighted by Gasteiger charge is 2.21. The number of carbonyl (C=O) groups excluding carboxylic acids is 2. The van der Waals surface area contributed by atoms with Gasteiger partial charge in [0.1, 0.15) is 0 Å². The molecule has 17 heteroatoms. The molecule has 0 heterocycles. The molecule has 0 aromatic rings. The third-order valence-corrected chi connectivity index (χ3v) is 1.83. The Hall–Kier alpha value is -1.67. The van der Waals surface area contributed by atoms with Crippen LogP contribution in [-0.4, -0.2) is 63.9 Å². The monoisotopic (exact) mass is 393 g/mol. The van der Waals surface area contributed by atoms with Crippen LogP contribution in [0.4, 0.5) is 39.3 Å². The molecule has 6 nitrogen and oxygen atoms in total. The summed E-state index contributed by atoms with van der Waals surface area (Å²) in [5.74, 6) is -0.304. The van der Waals surface area contributed by atoms with Crippen molar-refractivity contribution in [2.45, 2.75) is 0 Å². The fraction of sp³-hybridized carbons (Fsp3) is 0.571. The number of nitrogens with zero attached hydrogens (tertiary/aromatic N) is 2. The summed E-state index contributed by atoms with van der Waals surface area (Å²) in [5.41, 5.74) is 0. The van der Waals surface area contributed by atoms with Crippen LogP contribution in [0.2, 0.25) is 0 Å². The SMILES string of the molecule is CNC(=O)ON=C(SC)C(=O)N(C)C.F[B-](F)(F)F.F[B-](F)(F)F. The van der Waals surface area contributed by atoms with Crippen LogP contribution in [0.15, 0.2) is 5.16 Å². The van der Waals surface area contributed by atoms with E-state index >= 15 is 0 Å². The largest absolute Gasteiger partial charge is 0.673 e. The van der Waals surface area contributed by atoms with E-state index in [0.29, 0.717) is 0 Å². The zero-order chi connectivity index (χ0) is 20.1. The van der Waals surface area contributed by atoms with E-state index in [1.54, 1.807) is 20.4 Å². The minimum atomic E-state index is -6.00. The van der Waals surface area contributed by atoms with Crippen molar-refractivity contribution < 1.29 is 49.0 Å². The first-order valence-corrected chi connectivity index (χ1v) is 6.72. The van der Waals surface area contributed by atoms with Crippen LogP contribution in [0.5, 0.6) is 0 Å². The average molecular weight is 393 g/mol. The molecule has 0 saturated heterocycles. The summed E-state index contributed by atoms with van der Waals surface area (Å²) in [4.78, 5) is 27.7. The summed E-state index contributed by atoms with van der Waals surface area (Å²) in [6.45, 7) is 0. The van der Waals surface area contributed by atoms with Crippen LogP contribution in [0.3, 0.4) is 0 Å². The number of thioether (sulfide) groups is 1. The lowest BCUT2D eigenvalue weighted by atomic mass is 10.3. The topological polar surface area (TPSA) is 71.0 Å². The average Bonchev–Trinajstić information content (AvgIpc) is 2.34. The van der Waals surface area contributed by atoms with Crippen LogP contribution in [0, 0.1) is 0 Å². The summed E-state index contributed by atoms with van der Waals surface area (Å²) >= 11 is 1.11. The standard InChI is InChI=1S/C7H13N3O3S.2BF4/c1-8-7(12)13-9-5(14-4)6(11)10(2)3;2*2-1(3,4)5/h1-4H3,(H,8,12);;/q;2*-1. The number of oxime groups is 1. The zero-order valence-corrected chi connectivity index (χ0v) is 13.5. The van der Waals surface area contributed by atoms with E-state index in [9.17, 15) is 44.1 Å². The third kappa shape index (κ3) is 32.3. The van der Waals surface area contributed by atoms with E-state index in [2.05, 4.69) is 15.3 Å². The molecule has 0 aromatic heterocycles. The van der Waals surface area contributed by atoms with Crippen molar-refractivity contribution in [1.29, 1.82) is 0 Å². The molecule has 0 radical (unpaired) electrons. The van der Waals surface area contributed by atoms with Gasteiger partial charge >= 0.3 is 20.6 Å². The molecule has 0 aliphatic heterocycles. The number of nitrogens with one attached hydrogen (secondary N) is 1. The molecule has 0 aliphatic carbocycles. The first-order valence-electron chi connectivity index (χ1n) is 5.49. The van der Waals surface area contributed by atoms with Crippen LogP contribution in [0.1, 0.15) is 0 Å². The van der Waals surface area contributed by atoms with Gasteiger partial charge in [-0.1, -0.05) is 5.16 Å².